The summed E-state index contributed by atoms with van der Waals surface area (Å²) >= 11 is 28.0. The van der Waals surface area contributed by atoms with E-state index in [1.807, 2.05) is 159 Å². The molecule has 0 radical (unpaired) electrons. The van der Waals surface area contributed by atoms with Gasteiger partial charge in [-0.3, -0.25) is 0 Å². The van der Waals surface area contributed by atoms with Crippen molar-refractivity contribution in [1.29, 1.82) is 0 Å². The summed E-state index contributed by atoms with van der Waals surface area (Å²) in [6.07, 6.45) is 6.36. The molecule has 0 unspecified atom stereocenters. The Balaban J connectivity index is 0.753. The molecule has 0 bridgehead atoms. The normalized spacial score (nSPS) is 12.1. The molecule has 0 aliphatic rings. The Kier molecular flexibility index (Phi) is 19.0. The number of thiophene rings is 14. The summed E-state index contributed by atoms with van der Waals surface area (Å²) in [5.74, 6) is 0. The zero-order chi connectivity index (χ0) is 65.1. The molecule has 0 fully saturated rings. The van der Waals surface area contributed by atoms with E-state index in [-0.39, 0.29) is 0 Å². The summed E-state index contributed by atoms with van der Waals surface area (Å²) < 4.78 is 12.0. The standard InChI is InChI=1S/C80H66S14Si2/c1-7-53-21-27-61(81-53)67-35-43-75(89-67)95(76-44-36-68(90-76)62-28-22-54(8-2)82-62,77-45-37-69(91-77)63-29-23-55(9-3)83-63)73-41-33-59(87-73)51-17-13-49(14-18-51)50-15-19-52(20-16-50)60-34-42-74(88-60)96(78-46-38-70(92-78)64-30-24-56(10-4)84-64,79-47-39-71(93-79)65-31-25-57(11-5)85-65)80-48-40-72(94-80)66-32-26-58(12-6)86-66/h13-48H,7-12H2,1-6H3. The van der Waals surface area contributed by atoms with Gasteiger partial charge in [0.2, 0.25) is 16.1 Å². The molecule has 478 valence electrons. The molecule has 14 heterocycles. The van der Waals surface area contributed by atoms with Gasteiger partial charge in [0.1, 0.15) is 0 Å². The molecule has 16 rings (SSSR count). The van der Waals surface area contributed by atoms with Crippen molar-refractivity contribution in [1.82, 2.24) is 0 Å². The molecule has 14 aromatic heterocycles. The molecule has 0 nitrogen and oxygen atoms in total. The fraction of sp³-hybridized carbons (Fsp3) is 0.150. The van der Waals surface area contributed by atoms with E-state index in [1.165, 1.54) is 156 Å². The maximum atomic E-state index is 2.51. The summed E-state index contributed by atoms with van der Waals surface area (Å²) in [6.45, 7) is 13.6. The fourth-order valence-electron chi connectivity index (χ4n) is 12.7. The van der Waals surface area contributed by atoms with E-state index in [2.05, 4.69) is 260 Å². The Hall–Kier alpha value is -5.33. The van der Waals surface area contributed by atoms with Crippen molar-refractivity contribution in [2.45, 2.75) is 80.1 Å². The number of rotatable bonds is 23. The minimum absolute atomic E-state index is 1.06. The molecule has 96 heavy (non-hydrogen) atoms. The van der Waals surface area contributed by atoms with Crippen LogP contribution in [0.1, 0.15) is 70.8 Å². The molecule has 16 aromatic rings. The van der Waals surface area contributed by atoms with Crippen LogP contribution >= 0.6 is 159 Å². The van der Waals surface area contributed by atoms with Gasteiger partial charge in [-0.15, -0.1) is 159 Å². The average Bonchev–Trinajstić information content (AvgIpc) is 1.56. The first-order chi connectivity index (χ1) is 47.1. The highest BCUT2D eigenvalue weighted by Gasteiger charge is 2.49. The lowest BCUT2D eigenvalue weighted by molar-refractivity contribution is 1.19. The maximum absolute atomic E-state index is 2.86. The summed E-state index contributed by atoms with van der Waals surface area (Å²) in [5.41, 5.74) is 4.98. The van der Waals surface area contributed by atoms with Crippen molar-refractivity contribution in [2.24, 2.45) is 0 Å². The van der Waals surface area contributed by atoms with Gasteiger partial charge in [0.05, 0.1) is 0 Å². The highest BCUT2D eigenvalue weighted by atomic mass is 32.2. The molecule has 0 atom stereocenters. The van der Waals surface area contributed by atoms with Gasteiger partial charge in [-0.2, -0.15) is 0 Å². The van der Waals surface area contributed by atoms with E-state index in [9.17, 15) is 0 Å². The van der Waals surface area contributed by atoms with Crippen LogP contribution in [0.25, 0.3) is 90.5 Å². The molecule has 0 saturated carbocycles. The van der Waals surface area contributed by atoms with Crippen LogP contribution in [0.15, 0.2) is 218 Å². The molecule has 0 N–H and O–H groups in total. The largest absolute Gasteiger partial charge is 0.222 e. The smallest absolute Gasteiger partial charge is 0.144 e. The summed E-state index contributed by atoms with van der Waals surface area (Å²) in [7, 11) is -5.71. The van der Waals surface area contributed by atoms with E-state index >= 15 is 0 Å². The maximum Gasteiger partial charge on any atom is 0.222 e. The zero-order valence-electron chi connectivity index (χ0n) is 53.7. The molecule has 0 amide bonds. The monoisotopic (exact) mass is 1530 g/mol. The molecule has 0 aliphatic carbocycles. The Morgan fingerprint density at radius 3 is 0.479 bits per heavy atom. The SMILES string of the molecule is CCc1ccc(-c2ccc([Si](c3ccc(-c4ccc(-c5ccc(-c6ccc([Si](c7ccc(-c8ccc(CC)s8)s7)(c7ccc(-c8ccc(CC)s8)s7)c7ccc(-c8ccc(CC)s8)s7)s6)cc5)cc4)s3)(c3ccc(-c4ccc(CC)s4)s3)c3ccc(-c4ccc(CC)s4)s3)s2)s1. The van der Waals surface area contributed by atoms with Crippen molar-refractivity contribution in [3.63, 3.8) is 0 Å². The van der Waals surface area contributed by atoms with Crippen LogP contribution in [0.3, 0.4) is 0 Å². The van der Waals surface area contributed by atoms with Gasteiger partial charge in [0.25, 0.3) is 0 Å². The number of hydrogen-bond acceptors (Lipinski definition) is 14. The zero-order valence-corrected chi connectivity index (χ0v) is 67.2. The minimum Gasteiger partial charge on any atom is -0.144 e. The molecule has 0 saturated heterocycles. The molecular formula is C80H66S14Si2. The van der Waals surface area contributed by atoms with Crippen LogP contribution in [0.2, 0.25) is 0 Å². The van der Waals surface area contributed by atoms with Gasteiger partial charge in [-0.25, -0.2) is 0 Å². The minimum atomic E-state index is -2.86. The third-order valence-corrected chi connectivity index (χ3v) is 50.9. The first-order valence-corrected chi connectivity index (χ1v) is 48.2. The second-order valence-electron chi connectivity index (χ2n) is 23.7. The predicted octanol–water partition coefficient (Wildman–Crippen LogP) is 23.7. The van der Waals surface area contributed by atoms with Gasteiger partial charge in [-0.05, 0) is 182 Å². The first kappa shape index (κ1) is 65.3. The lowest BCUT2D eigenvalue weighted by Crippen LogP contribution is -2.71. The van der Waals surface area contributed by atoms with Gasteiger partial charge in [0.15, 0.2) is 0 Å². The molecular weight excluding hydrogens is 1470 g/mol. The van der Waals surface area contributed by atoms with Gasteiger partial charge < -0.3 is 0 Å². The second-order valence-corrected chi connectivity index (χ2v) is 49.6. The summed E-state index contributed by atoms with van der Waals surface area (Å²) in [5, 5.41) is 0. The average molecular weight is 1530 g/mol. The Morgan fingerprint density at radius 1 is 0.156 bits per heavy atom. The van der Waals surface area contributed by atoms with Crippen molar-refractivity contribution < 1.29 is 0 Å². The second kappa shape index (κ2) is 28.0. The fourth-order valence-corrected chi connectivity index (χ4v) is 48.4. The molecule has 2 aromatic carbocycles. The highest BCUT2D eigenvalue weighted by Crippen LogP contribution is 2.42. The van der Waals surface area contributed by atoms with E-state index < -0.39 is 16.1 Å². The van der Waals surface area contributed by atoms with Crippen LogP contribution in [-0.4, -0.2) is 16.1 Å². The van der Waals surface area contributed by atoms with Gasteiger partial charge >= 0.3 is 0 Å². The molecule has 0 spiro atoms. The first-order valence-electron chi connectivity index (χ1n) is 32.7. The molecule has 16 heteroatoms. The topological polar surface area (TPSA) is 0 Å². The lowest BCUT2D eigenvalue weighted by Gasteiger charge is -2.28. The van der Waals surface area contributed by atoms with Crippen molar-refractivity contribution in [2.75, 3.05) is 0 Å². The quantitative estimate of drug-likeness (QED) is 0.0560. The third kappa shape index (κ3) is 12.2. The van der Waals surface area contributed by atoms with E-state index in [0.29, 0.717) is 0 Å². The number of hydrogen-bond donors (Lipinski definition) is 0. The van der Waals surface area contributed by atoms with Crippen LogP contribution in [-0.2, 0) is 38.5 Å². The third-order valence-electron chi connectivity index (χ3n) is 18.0. The van der Waals surface area contributed by atoms with Crippen LogP contribution in [0, 0.1) is 0 Å². The summed E-state index contributed by atoms with van der Waals surface area (Å²) in [4.78, 5) is 27.7. The highest BCUT2D eigenvalue weighted by molar-refractivity contribution is 7.56. The van der Waals surface area contributed by atoms with Crippen molar-refractivity contribution in [3.8, 4) is 90.5 Å². The van der Waals surface area contributed by atoms with E-state index in [1.54, 1.807) is 0 Å². The van der Waals surface area contributed by atoms with Crippen LogP contribution in [0.4, 0.5) is 0 Å². The summed E-state index contributed by atoms with van der Waals surface area (Å²) in [6, 6.07) is 86.5. The van der Waals surface area contributed by atoms with Gasteiger partial charge in [0, 0.05) is 134 Å². The van der Waals surface area contributed by atoms with Crippen LogP contribution < -0.4 is 36.0 Å². The van der Waals surface area contributed by atoms with Gasteiger partial charge in [-0.1, -0.05) is 139 Å². The van der Waals surface area contributed by atoms with Crippen LogP contribution in [0.5, 0.6) is 0 Å². The number of aryl methyl sites for hydroxylation is 6. The van der Waals surface area contributed by atoms with E-state index in [4.69, 9.17) is 0 Å². The van der Waals surface area contributed by atoms with Crippen molar-refractivity contribution in [3.05, 3.63) is 248 Å². The number of benzene rings is 2. The van der Waals surface area contributed by atoms with Crippen molar-refractivity contribution >= 4 is 211 Å². The Labute approximate surface area is 621 Å². The Morgan fingerprint density at radius 2 is 0.302 bits per heavy atom. The van der Waals surface area contributed by atoms with E-state index in [0.717, 1.165) is 38.5 Å². The lowest BCUT2D eigenvalue weighted by atomic mass is 10.0. The predicted molar refractivity (Wildman–Crippen MR) is 449 cm³/mol. The Bertz CT molecular complexity index is 4590. The molecule has 0 aliphatic heterocycles.